The molecule has 0 atom stereocenters. The van der Waals surface area contributed by atoms with Gasteiger partial charge in [0.1, 0.15) is 0 Å². The van der Waals surface area contributed by atoms with Gasteiger partial charge in [-0.1, -0.05) is 0 Å². The maximum Gasteiger partial charge on any atom is 0.243 e. The molecule has 0 aliphatic heterocycles. The fourth-order valence-electron chi connectivity index (χ4n) is 1.24. The number of carbonyl (C=O) groups is 1. The van der Waals surface area contributed by atoms with Crippen molar-refractivity contribution in [1.29, 1.82) is 0 Å². The number of nitrogens with one attached hydrogen (secondary N) is 1. The minimum Gasteiger partial charge on any atom is -0.289 e. The highest BCUT2D eigenvalue weighted by Crippen LogP contribution is 2.21. The van der Waals surface area contributed by atoms with E-state index < -0.39 is 0 Å². The van der Waals surface area contributed by atoms with Crippen LogP contribution in [0.1, 0.15) is 21.7 Å². The third kappa shape index (κ3) is 2.82. The molecular weight excluding hydrogens is 186 g/mol. The Morgan fingerprint density at radius 1 is 1.62 bits per heavy atom. The summed E-state index contributed by atoms with van der Waals surface area (Å²) in [4.78, 5) is 13.3. The molecule has 0 bridgehead atoms. The van der Waals surface area contributed by atoms with Crippen LogP contribution < -0.4 is 5.48 Å². The van der Waals surface area contributed by atoms with Crippen LogP contribution in [0.15, 0.2) is 6.07 Å². The topological polar surface area (TPSA) is 49.3 Å². The number of hydrogen-bond acceptors (Lipinski definition) is 3. The van der Waals surface area contributed by atoms with Crippen LogP contribution in [0.5, 0.6) is 0 Å². The van der Waals surface area contributed by atoms with E-state index in [9.17, 15) is 4.79 Å². The Bertz CT molecular complexity index is 307. The van der Waals surface area contributed by atoms with Crippen LogP contribution in [0.2, 0.25) is 0 Å². The van der Waals surface area contributed by atoms with Gasteiger partial charge < -0.3 is 0 Å². The summed E-state index contributed by atoms with van der Waals surface area (Å²) in [6, 6.07) is 2.09. The van der Waals surface area contributed by atoms with Crippen LogP contribution >= 0.6 is 11.3 Å². The number of amides is 1. The Morgan fingerprint density at radius 2 is 2.31 bits per heavy atom. The number of carbonyl (C=O) groups excluding carboxylic acids is 1. The molecule has 0 saturated carbocycles. The second-order valence-corrected chi connectivity index (χ2v) is 4.43. The van der Waals surface area contributed by atoms with E-state index in [1.165, 1.54) is 15.3 Å². The minimum absolute atomic E-state index is 0.330. The lowest BCUT2D eigenvalue weighted by Crippen LogP contribution is -2.18. The van der Waals surface area contributed by atoms with Gasteiger partial charge in [-0.3, -0.25) is 10.0 Å². The van der Waals surface area contributed by atoms with E-state index in [0.717, 1.165) is 0 Å². The maximum atomic E-state index is 10.7. The molecule has 0 saturated heterocycles. The van der Waals surface area contributed by atoms with Crippen molar-refractivity contribution in [2.45, 2.75) is 26.7 Å². The monoisotopic (exact) mass is 199 g/mol. The van der Waals surface area contributed by atoms with E-state index in [4.69, 9.17) is 5.21 Å². The van der Waals surface area contributed by atoms with Crippen molar-refractivity contribution in [1.82, 2.24) is 5.48 Å². The smallest absolute Gasteiger partial charge is 0.243 e. The lowest BCUT2D eigenvalue weighted by molar-refractivity contribution is -0.129. The zero-order chi connectivity index (χ0) is 9.84. The quantitative estimate of drug-likeness (QED) is 0.576. The van der Waals surface area contributed by atoms with Crippen molar-refractivity contribution in [3.8, 4) is 0 Å². The molecule has 0 spiro atoms. The van der Waals surface area contributed by atoms with Gasteiger partial charge in [0.05, 0.1) is 0 Å². The van der Waals surface area contributed by atoms with Crippen LogP contribution in [0.25, 0.3) is 0 Å². The van der Waals surface area contributed by atoms with Gasteiger partial charge in [0.25, 0.3) is 0 Å². The van der Waals surface area contributed by atoms with E-state index in [-0.39, 0.29) is 5.91 Å². The van der Waals surface area contributed by atoms with E-state index >= 15 is 0 Å². The Kier molecular flexibility index (Phi) is 3.45. The largest absolute Gasteiger partial charge is 0.289 e. The zero-order valence-electron chi connectivity index (χ0n) is 7.76. The standard InChI is InChI=1S/C9H13NO2S/c1-6-5-8(7(2)13-6)3-4-9(11)10-12/h5,12H,3-4H2,1-2H3,(H,10,11). The fraction of sp³-hybridized carbons (Fsp3) is 0.444. The maximum absolute atomic E-state index is 10.7. The van der Waals surface area contributed by atoms with E-state index in [1.54, 1.807) is 16.8 Å². The van der Waals surface area contributed by atoms with E-state index in [0.29, 0.717) is 12.8 Å². The molecule has 1 rings (SSSR count). The van der Waals surface area contributed by atoms with Gasteiger partial charge in [0.15, 0.2) is 0 Å². The molecule has 72 valence electrons. The summed E-state index contributed by atoms with van der Waals surface area (Å²) in [5.41, 5.74) is 2.83. The first-order chi connectivity index (χ1) is 6.13. The van der Waals surface area contributed by atoms with Gasteiger partial charge in [-0.2, -0.15) is 0 Å². The number of rotatable bonds is 3. The van der Waals surface area contributed by atoms with Crippen LogP contribution in [0.3, 0.4) is 0 Å². The van der Waals surface area contributed by atoms with Crippen molar-refractivity contribution in [3.63, 3.8) is 0 Å². The van der Waals surface area contributed by atoms with Crippen LogP contribution in [0.4, 0.5) is 0 Å². The highest BCUT2D eigenvalue weighted by molar-refractivity contribution is 7.12. The Labute approximate surface area is 81.4 Å². The molecule has 2 N–H and O–H groups in total. The lowest BCUT2D eigenvalue weighted by Gasteiger charge is -1.98. The first-order valence-corrected chi connectivity index (χ1v) is 4.94. The number of hydroxylamine groups is 1. The van der Waals surface area contributed by atoms with Gasteiger partial charge in [0, 0.05) is 16.2 Å². The second kappa shape index (κ2) is 4.39. The molecule has 0 aliphatic rings. The molecule has 4 heteroatoms. The molecule has 1 aromatic rings. The third-order valence-electron chi connectivity index (χ3n) is 1.89. The normalized spacial score (nSPS) is 10.1. The molecule has 0 aliphatic carbocycles. The van der Waals surface area contributed by atoms with Gasteiger partial charge in [0.2, 0.25) is 5.91 Å². The zero-order valence-corrected chi connectivity index (χ0v) is 8.57. The summed E-state index contributed by atoms with van der Waals surface area (Å²) < 4.78 is 0. The van der Waals surface area contributed by atoms with Crippen LogP contribution in [0, 0.1) is 13.8 Å². The number of thiophene rings is 1. The van der Waals surface area contributed by atoms with Crippen molar-refractivity contribution in [3.05, 3.63) is 21.4 Å². The summed E-state index contributed by atoms with van der Waals surface area (Å²) >= 11 is 1.73. The van der Waals surface area contributed by atoms with Gasteiger partial charge in [-0.25, -0.2) is 5.48 Å². The van der Waals surface area contributed by atoms with Crippen molar-refractivity contribution >= 4 is 17.2 Å². The summed E-state index contributed by atoms with van der Waals surface area (Å²) in [7, 11) is 0. The summed E-state index contributed by atoms with van der Waals surface area (Å²) in [5, 5.41) is 8.29. The average Bonchev–Trinajstić information content (AvgIpc) is 2.41. The highest BCUT2D eigenvalue weighted by Gasteiger charge is 2.05. The predicted molar refractivity (Wildman–Crippen MR) is 52.0 cm³/mol. The van der Waals surface area contributed by atoms with Gasteiger partial charge >= 0.3 is 0 Å². The molecule has 0 fully saturated rings. The van der Waals surface area contributed by atoms with Crippen LogP contribution in [-0.4, -0.2) is 11.1 Å². The Balaban J connectivity index is 2.54. The molecule has 1 heterocycles. The summed E-state index contributed by atoms with van der Waals surface area (Å²) in [6.45, 7) is 4.09. The highest BCUT2D eigenvalue weighted by atomic mass is 32.1. The second-order valence-electron chi connectivity index (χ2n) is 2.97. The Hall–Kier alpha value is -0.870. The average molecular weight is 199 g/mol. The molecular formula is C9H13NO2S. The van der Waals surface area contributed by atoms with Gasteiger partial charge in [-0.05, 0) is 31.9 Å². The van der Waals surface area contributed by atoms with Crippen LogP contribution in [-0.2, 0) is 11.2 Å². The van der Waals surface area contributed by atoms with Crippen molar-refractivity contribution in [2.24, 2.45) is 0 Å². The lowest BCUT2D eigenvalue weighted by atomic mass is 10.1. The third-order valence-corrected chi connectivity index (χ3v) is 2.90. The molecule has 0 radical (unpaired) electrons. The fourth-order valence-corrected chi connectivity index (χ4v) is 2.21. The molecule has 0 unspecified atom stereocenters. The predicted octanol–water partition coefficient (Wildman–Crippen LogP) is 1.80. The van der Waals surface area contributed by atoms with Crippen molar-refractivity contribution < 1.29 is 10.0 Å². The molecule has 1 aromatic heterocycles. The molecule has 13 heavy (non-hydrogen) atoms. The molecule has 3 nitrogen and oxygen atoms in total. The molecule has 0 aromatic carbocycles. The van der Waals surface area contributed by atoms with Gasteiger partial charge in [-0.15, -0.1) is 11.3 Å². The first-order valence-electron chi connectivity index (χ1n) is 4.12. The van der Waals surface area contributed by atoms with E-state index in [1.807, 2.05) is 13.8 Å². The molecule has 1 amide bonds. The number of hydrogen-bond donors (Lipinski definition) is 2. The van der Waals surface area contributed by atoms with Crippen molar-refractivity contribution in [2.75, 3.05) is 0 Å². The first kappa shape index (κ1) is 10.2. The Morgan fingerprint density at radius 3 is 2.77 bits per heavy atom. The SMILES string of the molecule is Cc1cc(CCC(=O)NO)c(C)s1. The summed E-state index contributed by atoms with van der Waals surface area (Å²) in [6.07, 6.45) is 1.04. The van der Waals surface area contributed by atoms with E-state index in [2.05, 4.69) is 6.07 Å². The number of aryl methyl sites for hydroxylation is 3. The minimum atomic E-state index is -0.330. The summed E-state index contributed by atoms with van der Waals surface area (Å²) in [5.74, 6) is -0.330.